The van der Waals surface area contributed by atoms with Gasteiger partial charge in [-0.1, -0.05) is 26.0 Å². The summed E-state index contributed by atoms with van der Waals surface area (Å²) in [6.45, 7) is 6.72. The average Bonchev–Trinajstić information content (AvgIpc) is 2.28. The van der Waals surface area contributed by atoms with Gasteiger partial charge in [-0.25, -0.2) is 4.39 Å². The second-order valence-electron chi connectivity index (χ2n) is 4.35. The zero-order valence-electron chi connectivity index (χ0n) is 10.4. The first-order valence-electron chi connectivity index (χ1n) is 5.98. The first-order valence-corrected chi connectivity index (χ1v) is 6.77. The van der Waals surface area contributed by atoms with Gasteiger partial charge in [0.1, 0.15) is 5.82 Å². The minimum absolute atomic E-state index is 0.166. The first-order chi connectivity index (χ1) is 8.11. The van der Waals surface area contributed by atoms with Crippen LogP contribution in [0.3, 0.4) is 0 Å². The van der Waals surface area contributed by atoms with E-state index in [0.29, 0.717) is 22.6 Å². The molecule has 2 nitrogen and oxygen atoms in total. The van der Waals surface area contributed by atoms with E-state index in [4.69, 9.17) is 0 Å². The van der Waals surface area contributed by atoms with Gasteiger partial charge in [-0.15, -0.1) is 0 Å². The van der Waals surface area contributed by atoms with Crippen molar-refractivity contribution in [1.82, 2.24) is 10.6 Å². The van der Waals surface area contributed by atoms with Gasteiger partial charge in [0.05, 0.1) is 4.47 Å². The second kappa shape index (κ2) is 7.80. The summed E-state index contributed by atoms with van der Waals surface area (Å²) < 4.78 is 14.1. The molecule has 1 rings (SSSR count). The van der Waals surface area contributed by atoms with Crippen LogP contribution in [0.25, 0.3) is 0 Å². The molecule has 0 spiro atoms. The van der Waals surface area contributed by atoms with E-state index in [9.17, 15) is 4.39 Å². The monoisotopic (exact) mass is 302 g/mol. The molecule has 0 aliphatic carbocycles. The van der Waals surface area contributed by atoms with Gasteiger partial charge in [-0.05, 0) is 41.5 Å². The third kappa shape index (κ3) is 5.61. The summed E-state index contributed by atoms with van der Waals surface area (Å²) >= 11 is 3.18. The van der Waals surface area contributed by atoms with Crippen molar-refractivity contribution in [1.29, 1.82) is 0 Å². The summed E-state index contributed by atoms with van der Waals surface area (Å²) in [5.74, 6) is -0.166. The molecule has 0 unspecified atom stereocenters. The molecule has 0 amide bonds. The van der Waals surface area contributed by atoms with Crippen molar-refractivity contribution in [3.63, 3.8) is 0 Å². The molecule has 0 aliphatic rings. The van der Waals surface area contributed by atoms with Crippen LogP contribution in [0.1, 0.15) is 25.8 Å². The highest BCUT2D eigenvalue weighted by molar-refractivity contribution is 9.10. The van der Waals surface area contributed by atoms with Crippen LogP contribution >= 0.6 is 15.9 Å². The highest BCUT2D eigenvalue weighted by Gasteiger charge is 2.04. The molecule has 0 aliphatic heterocycles. The minimum Gasteiger partial charge on any atom is -0.314 e. The Morgan fingerprint density at radius 3 is 2.76 bits per heavy atom. The van der Waals surface area contributed by atoms with Gasteiger partial charge in [-0.2, -0.15) is 0 Å². The normalized spacial score (nSPS) is 11.1. The molecule has 0 saturated carbocycles. The Morgan fingerprint density at radius 2 is 2.06 bits per heavy atom. The standard InChI is InChI=1S/C13H20BrFN2/c1-10(2)17-8-4-7-16-9-11-5-3-6-12(14)13(11)15/h3,5-6,10,16-17H,4,7-9H2,1-2H3. The summed E-state index contributed by atoms with van der Waals surface area (Å²) in [5, 5.41) is 6.59. The van der Waals surface area contributed by atoms with E-state index in [-0.39, 0.29) is 5.82 Å². The lowest BCUT2D eigenvalue weighted by Gasteiger charge is -2.09. The summed E-state index contributed by atoms with van der Waals surface area (Å²) in [5.41, 5.74) is 0.705. The maximum atomic E-state index is 13.6. The fourth-order valence-electron chi connectivity index (χ4n) is 1.51. The van der Waals surface area contributed by atoms with Crippen LogP contribution < -0.4 is 10.6 Å². The maximum Gasteiger partial charge on any atom is 0.141 e. The minimum atomic E-state index is -0.166. The molecule has 96 valence electrons. The predicted molar refractivity (Wildman–Crippen MR) is 73.6 cm³/mol. The highest BCUT2D eigenvalue weighted by atomic mass is 79.9. The molecule has 4 heteroatoms. The molecule has 0 bridgehead atoms. The van der Waals surface area contributed by atoms with Crippen molar-refractivity contribution in [3.05, 3.63) is 34.1 Å². The van der Waals surface area contributed by atoms with Crippen LogP contribution in [-0.4, -0.2) is 19.1 Å². The smallest absolute Gasteiger partial charge is 0.141 e. The van der Waals surface area contributed by atoms with Gasteiger partial charge in [0.2, 0.25) is 0 Å². The van der Waals surface area contributed by atoms with E-state index in [0.717, 1.165) is 19.5 Å². The van der Waals surface area contributed by atoms with Gasteiger partial charge in [0.25, 0.3) is 0 Å². The molecule has 1 aromatic carbocycles. The van der Waals surface area contributed by atoms with Crippen LogP contribution in [0.2, 0.25) is 0 Å². The molecule has 0 atom stereocenters. The molecular weight excluding hydrogens is 283 g/mol. The van der Waals surface area contributed by atoms with Crippen molar-refractivity contribution in [2.24, 2.45) is 0 Å². The van der Waals surface area contributed by atoms with E-state index in [1.165, 1.54) is 0 Å². The van der Waals surface area contributed by atoms with Gasteiger partial charge in [-0.3, -0.25) is 0 Å². The topological polar surface area (TPSA) is 24.1 Å². The van der Waals surface area contributed by atoms with Gasteiger partial charge in [0, 0.05) is 18.2 Å². The molecule has 0 fully saturated rings. The fourth-order valence-corrected chi connectivity index (χ4v) is 1.92. The molecule has 0 saturated heterocycles. The van der Waals surface area contributed by atoms with E-state index in [1.807, 2.05) is 6.07 Å². The van der Waals surface area contributed by atoms with Crippen molar-refractivity contribution >= 4 is 15.9 Å². The van der Waals surface area contributed by atoms with E-state index in [2.05, 4.69) is 40.4 Å². The number of hydrogen-bond acceptors (Lipinski definition) is 2. The molecule has 17 heavy (non-hydrogen) atoms. The quantitative estimate of drug-likeness (QED) is 0.757. The molecule has 0 heterocycles. The van der Waals surface area contributed by atoms with Crippen molar-refractivity contribution in [2.45, 2.75) is 32.9 Å². The molecule has 0 aromatic heterocycles. The fraction of sp³-hybridized carbons (Fsp3) is 0.538. The average molecular weight is 303 g/mol. The van der Waals surface area contributed by atoms with Crippen LogP contribution in [-0.2, 0) is 6.54 Å². The number of hydrogen-bond donors (Lipinski definition) is 2. The van der Waals surface area contributed by atoms with Gasteiger partial charge in [0.15, 0.2) is 0 Å². The lowest BCUT2D eigenvalue weighted by atomic mass is 10.2. The third-order valence-electron chi connectivity index (χ3n) is 2.43. The van der Waals surface area contributed by atoms with Crippen LogP contribution in [0.4, 0.5) is 4.39 Å². The lowest BCUT2D eigenvalue weighted by molar-refractivity contribution is 0.539. The van der Waals surface area contributed by atoms with Crippen LogP contribution in [0.15, 0.2) is 22.7 Å². The Balaban J connectivity index is 2.20. The summed E-state index contributed by atoms with van der Waals surface area (Å²) in [4.78, 5) is 0. The van der Waals surface area contributed by atoms with E-state index in [1.54, 1.807) is 12.1 Å². The third-order valence-corrected chi connectivity index (χ3v) is 3.04. The van der Waals surface area contributed by atoms with Gasteiger partial charge >= 0.3 is 0 Å². The van der Waals surface area contributed by atoms with Crippen molar-refractivity contribution in [3.8, 4) is 0 Å². The summed E-state index contributed by atoms with van der Waals surface area (Å²) in [6.07, 6.45) is 1.05. The number of halogens is 2. The second-order valence-corrected chi connectivity index (χ2v) is 5.21. The summed E-state index contributed by atoms with van der Waals surface area (Å²) in [7, 11) is 0. The molecular formula is C13H20BrFN2. The Hall–Kier alpha value is -0.450. The Morgan fingerprint density at radius 1 is 1.29 bits per heavy atom. The van der Waals surface area contributed by atoms with E-state index < -0.39 is 0 Å². The Labute approximate surface area is 111 Å². The SMILES string of the molecule is CC(C)NCCCNCc1cccc(Br)c1F. The number of rotatable bonds is 7. The Kier molecular flexibility index (Phi) is 6.70. The Bertz CT molecular complexity index is 342. The predicted octanol–water partition coefficient (Wildman–Crippen LogP) is 3.07. The van der Waals surface area contributed by atoms with Crippen molar-refractivity contribution < 1.29 is 4.39 Å². The molecule has 1 aromatic rings. The molecule has 2 N–H and O–H groups in total. The lowest BCUT2D eigenvalue weighted by Crippen LogP contribution is -2.26. The maximum absolute atomic E-state index is 13.6. The largest absolute Gasteiger partial charge is 0.314 e. The van der Waals surface area contributed by atoms with E-state index >= 15 is 0 Å². The summed E-state index contributed by atoms with van der Waals surface area (Å²) in [6, 6.07) is 5.90. The van der Waals surface area contributed by atoms with Crippen LogP contribution in [0.5, 0.6) is 0 Å². The molecule has 0 radical (unpaired) electrons. The zero-order valence-corrected chi connectivity index (χ0v) is 12.0. The number of nitrogens with one attached hydrogen (secondary N) is 2. The van der Waals surface area contributed by atoms with Crippen molar-refractivity contribution in [2.75, 3.05) is 13.1 Å². The first kappa shape index (κ1) is 14.6. The van der Waals surface area contributed by atoms with Crippen LogP contribution in [0, 0.1) is 5.82 Å². The highest BCUT2D eigenvalue weighted by Crippen LogP contribution is 2.18. The zero-order chi connectivity index (χ0) is 12.7. The number of benzene rings is 1. The van der Waals surface area contributed by atoms with Gasteiger partial charge < -0.3 is 10.6 Å².